The number of carbonyl (C=O) groups is 1. The first-order chi connectivity index (χ1) is 8.95. The molecule has 1 aromatic heterocycles. The van der Waals surface area contributed by atoms with Gasteiger partial charge in [-0.2, -0.15) is 0 Å². The van der Waals surface area contributed by atoms with E-state index in [0.29, 0.717) is 26.6 Å². The van der Waals surface area contributed by atoms with E-state index in [0.717, 1.165) is 4.88 Å². The number of anilines is 2. The Bertz CT molecular complexity index is 628. The maximum Gasteiger partial charge on any atom is 0.308 e. The fourth-order valence-corrected chi connectivity index (χ4v) is 2.91. The van der Waals surface area contributed by atoms with Crippen molar-refractivity contribution in [2.75, 3.05) is 5.32 Å². The highest BCUT2D eigenvalue weighted by atomic mass is 35.5. The third kappa shape index (κ3) is 3.59. The molecule has 19 heavy (non-hydrogen) atoms. The van der Waals surface area contributed by atoms with Gasteiger partial charge < -0.3 is 10.4 Å². The molecular weight excluding hydrogens is 307 g/mol. The number of carboxylic acid groups (broad SMARTS) is 1. The normalized spacial score (nSPS) is 10.5. The van der Waals surface area contributed by atoms with Crippen molar-refractivity contribution in [3.8, 4) is 0 Å². The number of aromatic nitrogens is 1. The van der Waals surface area contributed by atoms with E-state index in [1.807, 2.05) is 0 Å². The number of carboxylic acids is 1. The van der Waals surface area contributed by atoms with Gasteiger partial charge in [0.25, 0.3) is 0 Å². The van der Waals surface area contributed by atoms with Crippen LogP contribution >= 0.6 is 34.5 Å². The molecule has 2 N–H and O–H groups in total. The van der Waals surface area contributed by atoms with Crippen molar-refractivity contribution in [2.45, 2.75) is 13.3 Å². The second-order valence-corrected chi connectivity index (χ2v) is 5.77. The Balaban J connectivity index is 2.21. The van der Waals surface area contributed by atoms with Gasteiger partial charge in [-0.05, 0) is 25.1 Å². The molecular formula is C12H10Cl2N2O2S. The lowest BCUT2D eigenvalue weighted by Crippen LogP contribution is -1.99. The summed E-state index contributed by atoms with van der Waals surface area (Å²) in [4.78, 5) is 15.7. The Kier molecular flexibility index (Phi) is 4.29. The Morgan fingerprint density at radius 3 is 2.84 bits per heavy atom. The number of hydrogen-bond donors (Lipinski definition) is 2. The SMILES string of the molecule is Cc1nc(Nc2ccc(Cl)cc2Cl)sc1CC(=O)O. The summed E-state index contributed by atoms with van der Waals surface area (Å²) in [7, 11) is 0. The van der Waals surface area contributed by atoms with Crippen LogP contribution in [0.3, 0.4) is 0 Å². The number of aryl methyl sites for hydroxylation is 1. The first-order valence-corrected chi connectivity index (χ1v) is 6.93. The van der Waals surface area contributed by atoms with E-state index < -0.39 is 5.97 Å². The predicted octanol–water partition coefficient (Wildman–Crippen LogP) is 4.13. The molecule has 0 aliphatic heterocycles. The van der Waals surface area contributed by atoms with E-state index in [1.165, 1.54) is 11.3 Å². The zero-order valence-electron chi connectivity index (χ0n) is 9.91. The van der Waals surface area contributed by atoms with E-state index in [4.69, 9.17) is 28.3 Å². The van der Waals surface area contributed by atoms with E-state index in [9.17, 15) is 4.79 Å². The highest BCUT2D eigenvalue weighted by molar-refractivity contribution is 7.15. The standard InChI is InChI=1S/C12H10Cl2N2O2S/c1-6-10(5-11(17)18)19-12(15-6)16-9-3-2-7(13)4-8(9)14/h2-4H,5H2,1H3,(H,15,16)(H,17,18). The molecule has 0 spiro atoms. The molecule has 0 bridgehead atoms. The number of thiazole rings is 1. The van der Waals surface area contributed by atoms with Crippen LogP contribution in [0.5, 0.6) is 0 Å². The van der Waals surface area contributed by atoms with Crippen LogP contribution in [0.1, 0.15) is 10.6 Å². The van der Waals surface area contributed by atoms with Gasteiger partial charge in [0, 0.05) is 9.90 Å². The van der Waals surface area contributed by atoms with Crippen LogP contribution in [-0.2, 0) is 11.2 Å². The molecule has 0 unspecified atom stereocenters. The van der Waals surface area contributed by atoms with Crippen LogP contribution in [0.4, 0.5) is 10.8 Å². The summed E-state index contributed by atoms with van der Waals surface area (Å²) < 4.78 is 0. The van der Waals surface area contributed by atoms with Gasteiger partial charge in [0.05, 0.1) is 22.8 Å². The quantitative estimate of drug-likeness (QED) is 0.890. The molecule has 0 aliphatic carbocycles. The van der Waals surface area contributed by atoms with Crippen molar-refractivity contribution >= 4 is 51.3 Å². The molecule has 0 atom stereocenters. The van der Waals surface area contributed by atoms with Crippen molar-refractivity contribution in [2.24, 2.45) is 0 Å². The first kappa shape index (κ1) is 14.1. The number of nitrogens with zero attached hydrogens (tertiary/aromatic N) is 1. The van der Waals surface area contributed by atoms with E-state index in [2.05, 4.69) is 10.3 Å². The topological polar surface area (TPSA) is 62.2 Å². The van der Waals surface area contributed by atoms with Crippen molar-refractivity contribution in [1.82, 2.24) is 4.98 Å². The largest absolute Gasteiger partial charge is 0.481 e. The van der Waals surface area contributed by atoms with Crippen molar-refractivity contribution in [3.63, 3.8) is 0 Å². The van der Waals surface area contributed by atoms with Crippen LogP contribution < -0.4 is 5.32 Å². The molecule has 2 rings (SSSR count). The summed E-state index contributed by atoms with van der Waals surface area (Å²) in [6.07, 6.45) is -0.0282. The summed E-state index contributed by atoms with van der Waals surface area (Å²) in [5.74, 6) is -0.872. The fourth-order valence-electron chi connectivity index (χ4n) is 1.49. The maximum absolute atomic E-state index is 10.7. The Morgan fingerprint density at radius 1 is 1.47 bits per heavy atom. The van der Waals surface area contributed by atoms with Crippen LogP contribution in [0.15, 0.2) is 18.2 Å². The fraction of sp³-hybridized carbons (Fsp3) is 0.167. The molecule has 100 valence electrons. The van der Waals surface area contributed by atoms with Crippen molar-refractivity contribution in [1.29, 1.82) is 0 Å². The Morgan fingerprint density at radius 2 is 2.21 bits per heavy atom. The molecule has 7 heteroatoms. The second-order valence-electron chi connectivity index (χ2n) is 3.85. The molecule has 2 aromatic rings. The molecule has 0 fully saturated rings. The van der Waals surface area contributed by atoms with E-state index in [1.54, 1.807) is 25.1 Å². The van der Waals surface area contributed by atoms with Gasteiger partial charge >= 0.3 is 5.97 Å². The summed E-state index contributed by atoms with van der Waals surface area (Å²) in [5, 5.41) is 13.5. The summed E-state index contributed by atoms with van der Waals surface area (Å²) in [5.41, 5.74) is 1.39. The average Bonchev–Trinajstić information content (AvgIpc) is 2.62. The number of halogens is 2. The predicted molar refractivity (Wildman–Crippen MR) is 77.9 cm³/mol. The molecule has 4 nitrogen and oxygen atoms in total. The summed E-state index contributed by atoms with van der Waals surface area (Å²) in [6.45, 7) is 1.78. The van der Waals surface area contributed by atoms with Crippen LogP contribution in [0.2, 0.25) is 10.0 Å². The lowest BCUT2D eigenvalue weighted by atomic mass is 10.3. The highest BCUT2D eigenvalue weighted by Gasteiger charge is 2.12. The Hall–Kier alpha value is -1.30. The number of benzene rings is 1. The second kappa shape index (κ2) is 5.77. The van der Waals surface area contributed by atoms with E-state index >= 15 is 0 Å². The molecule has 0 saturated heterocycles. The van der Waals surface area contributed by atoms with Crippen LogP contribution in [0.25, 0.3) is 0 Å². The van der Waals surface area contributed by atoms with Gasteiger partial charge in [0.1, 0.15) is 0 Å². The minimum absolute atomic E-state index is 0.0282. The van der Waals surface area contributed by atoms with Gasteiger partial charge in [-0.3, -0.25) is 4.79 Å². The molecule has 1 aromatic carbocycles. The molecule has 0 aliphatic rings. The minimum atomic E-state index is -0.872. The lowest BCUT2D eigenvalue weighted by molar-refractivity contribution is -0.136. The third-order valence-corrected chi connectivity index (χ3v) is 4.00. The van der Waals surface area contributed by atoms with Crippen LogP contribution in [-0.4, -0.2) is 16.1 Å². The van der Waals surface area contributed by atoms with Crippen LogP contribution in [0, 0.1) is 6.92 Å². The molecule has 0 saturated carbocycles. The third-order valence-electron chi connectivity index (χ3n) is 2.38. The zero-order valence-corrected chi connectivity index (χ0v) is 12.2. The number of nitrogens with one attached hydrogen (secondary N) is 1. The average molecular weight is 317 g/mol. The number of hydrogen-bond acceptors (Lipinski definition) is 4. The number of rotatable bonds is 4. The van der Waals surface area contributed by atoms with Gasteiger partial charge in [-0.15, -0.1) is 11.3 Å². The van der Waals surface area contributed by atoms with Gasteiger partial charge in [0.15, 0.2) is 5.13 Å². The smallest absolute Gasteiger partial charge is 0.308 e. The molecule has 1 heterocycles. The lowest BCUT2D eigenvalue weighted by Gasteiger charge is -2.04. The van der Waals surface area contributed by atoms with Crippen molar-refractivity contribution < 1.29 is 9.90 Å². The molecule has 0 amide bonds. The number of aliphatic carboxylic acids is 1. The first-order valence-electron chi connectivity index (χ1n) is 5.36. The zero-order chi connectivity index (χ0) is 14.0. The summed E-state index contributed by atoms with van der Waals surface area (Å²) >= 11 is 13.2. The Labute approximate surface area is 124 Å². The summed E-state index contributed by atoms with van der Waals surface area (Å²) in [6, 6.07) is 5.09. The molecule has 0 radical (unpaired) electrons. The maximum atomic E-state index is 10.7. The van der Waals surface area contributed by atoms with E-state index in [-0.39, 0.29) is 6.42 Å². The van der Waals surface area contributed by atoms with Crippen molar-refractivity contribution in [3.05, 3.63) is 38.8 Å². The highest BCUT2D eigenvalue weighted by Crippen LogP contribution is 2.31. The van der Waals surface area contributed by atoms with Gasteiger partial charge in [-0.25, -0.2) is 4.98 Å². The monoisotopic (exact) mass is 316 g/mol. The van der Waals surface area contributed by atoms with Gasteiger partial charge in [0.2, 0.25) is 0 Å². The minimum Gasteiger partial charge on any atom is -0.481 e. The van der Waals surface area contributed by atoms with Gasteiger partial charge in [-0.1, -0.05) is 23.2 Å².